The molecule has 2 aromatic carbocycles. The summed E-state index contributed by atoms with van der Waals surface area (Å²) in [5.74, 6) is 0.845. The third kappa shape index (κ3) is 2.25. The quantitative estimate of drug-likeness (QED) is 0.564. The van der Waals surface area contributed by atoms with Crippen molar-refractivity contribution >= 4 is 11.0 Å². The topological polar surface area (TPSA) is 56.5 Å². The van der Waals surface area contributed by atoms with E-state index >= 15 is 0 Å². The molecule has 0 aliphatic carbocycles. The third-order valence-corrected chi connectivity index (χ3v) is 4.18. The monoisotopic (exact) mass is 315 g/mol. The number of imidazole rings is 1. The van der Waals surface area contributed by atoms with Crippen molar-refractivity contribution in [1.82, 2.24) is 24.7 Å². The molecule has 0 bridgehead atoms. The molecule has 0 aliphatic heterocycles. The van der Waals surface area contributed by atoms with Crippen molar-refractivity contribution < 1.29 is 0 Å². The predicted octanol–water partition coefficient (Wildman–Crippen LogP) is 3.80. The molecule has 0 aliphatic rings. The van der Waals surface area contributed by atoms with E-state index in [1.54, 1.807) is 0 Å². The van der Waals surface area contributed by atoms with Crippen LogP contribution in [-0.4, -0.2) is 24.7 Å². The van der Waals surface area contributed by atoms with E-state index in [4.69, 9.17) is 0 Å². The standard InChI is InChI=1S/C19H17N5/c1-12-9-13(2)18(14(3)10-12)24-8-7-20-19(24)15-5-4-6-16-17(15)23-22-11-21-16/h4-11H,1-3H3. The number of aromatic nitrogens is 5. The zero-order valence-corrected chi connectivity index (χ0v) is 13.9. The summed E-state index contributed by atoms with van der Waals surface area (Å²) in [5, 5.41) is 8.20. The van der Waals surface area contributed by atoms with Gasteiger partial charge in [0.25, 0.3) is 0 Å². The van der Waals surface area contributed by atoms with Crippen LogP contribution in [0.2, 0.25) is 0 Å². The summed E-state index contributed by atoms with van der Waals surface area (Å²) in [6.07, 6.45) is 5.27. The molecule has 2 heterocycles. The Hall–Kier alpha value is -3.08. The molecule has 0 N–H and O–H groups in total. The lowest BCUT2D eigenvalue weighted by molar-refractivity contribution is 1.01. The van der Waals surface area contributed by atoms with Crippen LogP contribution in [-0.2, 0) is 0 Å². The second-order valence-electron chi connectivity index (χ2n) is 6.00. The fourth-order valence-corrected chi connectivity index (χ4v) is 3.33. The van der Waals surface area contributed by atoms with E-state index < -0.39 is 0 Å². The summed E-state index contributed by atoms with van der Waals surface area (Å²) >= 11 is 0. The molecule has 24 heavy (non-hydrogen) atoms. The van der Waals surface area contributed by atoms with Crippen LogP contribution in [0, 0.1) is 20.8 Å². The molecule has 0 radical (unpaired) electrons. The first-order valence-corrected chi connectivity index (χ1v) is 7.83. The highest BCUT2D eigenvalue weighted by molar-refractivity contribution is 5.89. The lowest BCUT2D eigenvalue weighted by Crippen LogP contribution is -2.03. The Bertz CT molecular complexity index is 1020. The van der Waals surface area contributed by atoms with E-state index in [0.717, 1.165) is 28.1 Å². The second-order valence-corrected chi connectivity index (χ2v) is 6.00. The maximum Gasteiger partial charge on any atom is 0.146 e. The average Bonchev–Trinajstić information content (AvgIpc) is 3.02. The minimum atomic E-state index is 0.759. The second kappa shape index (κ2) is 5.53. The maximum atomic E-state index is 4.59. The number of hydrogen-bond donors (Lipinski definition) is 0. The van der Waals surface area contributed by atoms with Crippen LogP contribution in [0.15, 0.2) is 49.1 Å². The highest BCUT2D eigenvalue weighted by Crippen LogP contribution is 2.29. The van der Waals surface area contributed by atoms with Crippen molar-refractivity contribution in [3.63, 3.8) is 0 Å². The van der Waals surface area contributed by atoms with Gasteiger partial charge in [-0.2, -0.15) is 0 Å². The predicted molar refractivity (Wildman–Crippen MR) is 94.1 cm³/mol. The van der Waals surface area contributed by atoms with Crippen molar-refractivity contribution in [3.05, 3.63) is 65.7 Å². The largest absolute Gasteiger partial charge is 0.299 e. The van der Waals surface area contributed by atoms with Gasteiger partial charge >= 0.3 is 0 Å². The first-order valence-electron chi connectivity index (χ1n) is 7.83. The molecule has 0 unspecified atom stereocenters. The summed E-state index contributed by atoms with van der Waals surface area (Å²) in [4.78, 5) is 8.88. The van der Waals surface area contributed by atoms with Gasteiger partial charge in [-0.05, 0) is 44.0 Å². The Balaban J connectivity index is 1.99. The Labute approximate surface area is 140 Å². The molecule has 0 amide bonds. The van der Waals surface area contributed by atoms with Crippen LogP contribution in [0.1, 0.15) is 16.7 Å². The van der Waals surface area contributed by atoms with Gasteiger partial charge in [0.15, 0.2) is 0 Å². The molecule has 0 fully saturated rings. The Kier molecular flexibility index (Phi) is 3.34. The van der Waals surface area contributed by atoms with Crippen molar-refractivity contribution in [3.8, 4) is 17.1 Å². The molecule has 5 heteroatoms. The van der Waals surface area contributed by atoms with Gasteiger partial charge in [-0.15, -0.1) is 10.2 Å². The van der Waals surface area contributed by atoms with Crippen molar-refractivity contribution in [1.29, 1.82) is 0 Å². The zero-order chi connectivity index (χ0) is 16.7. The lowest BCUT2D eigenvalue weighted by atomic mass is 10.0. The number of nitrogens with zero attached hydrogens (tertiary/aromatic N) is 5. The number of benzene rings is 2. The average molecular weight is 315 g/mol. The SMILES string of the molecule is Cc1cc(C)c(-n2ccnc2-c2cccc3ncnnc23)c(C)c1. The van der Waals surface area contributed by atoms with E-state index in [1.807, 2.05) is 30.6 Å². The number of hydrogen-bond acceptors (Lipinski definition) is 4. The van der Waals surface area contributed by atoms with Gasteiger partial charge in [0.1, 0.15) is 17.7 Å². The highest BCUT2D eigenvalue weighted by Gasteiger charge is 2.15. The molecule has 0 atom stereocenters. The van der Waals surface area contributed by atoms with Crippen LogP contribution in [0.4, 0.5) is 0 Å². The van der Waals surface area contributed by atoms with Crippen LogP contribution in [0.5, 0.6) is 0 Å². The summed E-state index contributed by atoms with van der Waals surface area (Å²) in [7, 11) is 0. The van der Waals surface area contributed by atoms with Gasteiger partial charge in [0.05, 0.1) is 11.2 Å². The summed E-state index contributed by atoms with van der Waals surface area (Å²) in [6.45, 7) is 6.37. The summed E-state index contributed by atoms with van der Waals surface area (Å²) in [5.41, 5.74) is 7.35. The van der Waals surface area contributed by atoms with Crippen LogP contribution in [0.25, 0.3) is 28.1 Å². The van der Waals surface area contributed by atoms with E-state index in [-0.39, 0.29) is 0 Å². The molecule has 5 nitrogen and oxygen atoms in total. The van der Waals surface area contributed by atoms with E-state index in [2.05, 4.69) is 57.6 Å². The minimum Gasteiger partial charge on any atom is -0.299 e. The van der Waals surface area contributed by atoms with Crippen molar-refractivity contribution in [2.45, 2.75) is 20.8 Å². The Morgan fingerprint density at radius 3 is 2.54 bits per heavy atom. The van der Waals surface area contributed by atoms with Crippen molar-refractivity contribution in [2.75, 3.05) is 0 Å². The molecule has 4 aromatic rings. The Morgan fingerprint density at radius 1 is 0.958 bits per heavy atom. The first-order chi connectivity index (χ1) is 11.6. The van der Waals surface area contributed by atoms with Gasteiger partial charge < -0.3 is 0 Å². The fraction of sp³-hybridized carbons (Fsp3) is 0.158. The Morgan fingerprint density at radius 2 is 1.75 bits per heavy atom. The molecule has 4 rings (SSSR count). The number of fused-ring (bicyclic) bond motifs is 1. The summed E-state index contributed by atoms with van der Waals surface area (Å²) in [6, 6.07) is 10.3. The molecule has 0 saturated carbocycles. The van der Waals surface area contributed by atoms with Crippen LogP contribution in [0.3, 0.4) is 0 Å². The number of aryl methyl sites for hydroxylation is 3. The van der Waals surface area contributed by atoms with Gasteiger partial charge in [0.2, 0.25) is 0 Å². The molecule has 0 saturated heterocycles. The maximum absolute atomic E-state index is 4.59. The zero-order valence-electron chi connectivity index (χ0n) is 13.9. The third-order valence-electron chi connectivity index (χ3n) is 4.18. The van der Waals surface area contributed by atoms with Gasteiger partial charge in [-0.25, -0.2) is 9.97 Å². The minimum absolute atomic E-state index is 0.759. The lowest BCUT2D eigenvalue weighted by Gasteiger charge is -2.15. The molecular formula is C19H17N5. The van der Waals surface area contributed by atoms with E-state index in [9.17, 15) is 0 Å². The highest BCUT2D eigenvalue weighted by atomic mass is 15.1. The fourth-order valence-electron chi connectivity index (χ4n) is 3.33. The van der Waals surface area contributed by atoms with E-state index in [1.165, 1.54) is 23.0 Å². The smallest absolute Gasteiger partial charge is 0.146 e. The van der Waals surface area contributed by atoms with E-state index in [0.29, 0.717) is 0 Å². The molecular weight excluding hydrogens is 298 g/mol. The van der Waals surface area contributed by atoms with Gasteiger partial charge in [0, 0.05) is 18.0 Å². The molecule has 2 aromatic heterocycles. The van der Waals surface area contributed by atoms with Gasteiger partial charge in [-0.3, -0.25) is 4.57 Å². The van der Waals surface area contributed by atoms with Crippen molar-refractivity contribution in [2.24, 2.45) is 0 Å². The normalized spacial score (nSPS) is 11.1. The molecule has 0 spiro atoms. The summed E-state index contributed by atoms with van der Waals surface area (Å²) < 4.78 is 2.12. The molecule has 118 valence electrons. The van der Waals surface area contributed by atoms with Crippen LogP contribution >= 0.6 is 0 Å². The first kappa shape index (κ1) is 14.5. The van der Waals surface area contributed by atoms with Gasteiger partial charge in [-0.1, -0.05) is 23.8 Å². The number of rotatable bonds is 2. The van der Waals surface area contributed by atoms with Crippen LogP contribution < -0.4 is 0 Å².